The van der Waals surface area contributed by atoms with Crippen LogP contribution >= 0.6 is 0 Å². The third-order valence-electron chi connectivity index (χ3n) is 2.93. The number of carbonyl (C=O) groups is 1. The van der Waals surface area contributed by atoms with Gasteiger partial charge in [-0.15, -0.1) is 12.1 Å². The van der Waals surface area contributed by atoms with Crippen LogP contribution in [0.5, 0.6) is 0 Å². The Morgan fingerprint density at radius 1 is 1.00 bits per heavy atom. The van der Waals surface area contributed by atoms with Crippen molar-refractivity contribution in [3.63, 3.8) is 0 Å². The summed E-state index contributed by atoms with van der Waals surface area (Å²) in [7, 11) is -1.88. The van der Waals surface area contributed by atoms with E-state index in [1.165, 1.54) is 4.58 Å². The van der Waals surface area contributed by atoms with Gasteiger partial charge in [-0.1, -0.05) is 48.5 Å². The summed E-state index contributed by atoms with van der Waals surface area (Å²) in [6.45, 7) is 10.2. The molecule has 0 spiro atoms. The molecule has 0 aliphatic heterocycles. The number of amides is 1. The lowest BCUT2D eigenvalue weighted by Gasteiger charge is -2.26. The summed E-state index contributed by atoms with van der Waals surface area (Å²) in [6.07, 6.45) is 0.508. The first kappa shape index (κ1) is 16.2. The maximum Gasteiger partial charge on any atom is 0.360 e. The zero-order chi connectivity index (χ0) is 16.2. The fourth-order valence-corrected chi connectivity index (χ4v) is 2.78. The molecule has 22 heavy (non-hydrogen) atoms. The topological polar surface area (TPSA) is 29.3 Å². The number of nitrogens with zero attached hydrogens (tertiary/aromatic N) is 1. The van der Waals surface area contributed by atoms with Gasteiger partial charge in [-0.2, -0.15) is 0 Å². The van der Waals surface area contributed by atoms with Crippen LogP contribution in [0.3, 0.4) is 0 Å². The maximum absolute atomic E-state index is 12.6. The highest BCUT2D eigenvalue weighted by Crippen LogP contribution is 2.23. The molecule has 0 aliphatic carbocycles. The molecule has 0 saturated carbocycles. The van der Waals surface area contributed by atoms with E-state index in [0.717, 1.165) is 5.56 Å². The van der Waals surface area contributed by atoms with E-state index in [4.69, 9.17) is 4.43 Å². The molecule has 1 amide bonds. The van der Waals surface area contributed by atoms with Gasteiger partial charge in [0.15, 0.2) is 8.32 Å². The Morgan fingerprint density at radius 2 is 1.50 bits per heavy atom. The Bertz CT molecular complexity index is 648. The lowest BCUT2D eigenvalue weighted by molar-refractivity contribution is -0.435. The predicted octanol–water partition coefficient (Wildman–Crippen LogP) is 3.93. The Kier molecular flexibility index (Phi) is 4.95. The van der Waals surface area contributed by atoms with E-state index in [-0.39, 0.29) is 5.91 Å². The van der Waals surface area contributed by atoms with Crippen molar-refractivity contribution in [3.8, 4) is 0 Å². The van der Waals surface area contributed by atoms with E-state index < -0.39 is 8.32 Å². The molecule has 2 aromatic rings. The van der Waals surface area contributed by atoms with E-state index in [1.54, 1.807) is 12.1 Å². The first-order valence-electron chi connectivity index (χ1n) is 7.20. The molecule has 2 rings (SSSR count). The molecule has 0 aromatic heterocycles. The Balaban J connectivity index is 2.33. The zero-order valence-electron chi connectivity index (χ0n) is 13.2. The van der Waals surface area contributed by atoms with Gasteiger partial charge in [-0.05, 0) is 25.2 Å². The SMILES string of the molecule is C=[N+](C(=O)c1ccccc1)[C-](O[Si](C)(C)C)c1ccccc1. The van der Waals surface area contributed by atoms with Crippen LogP contribution in [0.25, 0.3) is 0 Å². The fraction of sp³-hybridized carbons (Fsp3) is 0.167. The summed E-state index contributed by atoms with van der Waals surface area (Å²) in [5, 5.41) is 0. The second kappa shape index (κ2) is 6.73. The molecule has 0 unspecified atom stereocenters. The van der Waals surface area contributed by atoms with Crippen molar-refractivity contribution >= 4 is 20.9 Å². The van der Waals surface area contributed by atoms with Gasteiger partial charge >= 0.3 is 5.91 Å². The summed E-state index contributed by atoms with van der Waals surface area (Å²) < 4.78 is 7.48. The van der Waals surface area contributed by atoms with Crippen LogP contribution in [0.4, 0.5) is 0 Å². The molecule has 114 valence electrons. The maximum atomic E-state index is 12.6. The summed E-state index contributed by atoms with van der Waals surface area (Å²) in [5.41, 5.74) is 1.44. The first-order valence-corrected chi connectivity index (χ1v) is 10.6. The molecule has 2 aromatic carbocycles. The number of hydrogen-bond donors (Lipinski definition) is 0. The van der Waals surface area contributed by atoms with Gasteiger partial charge in [0, 0.05) is 0 Å². The lowest BCUT2D eigenvalue weighted by atomic mass is 10.1. The van der Waals surface area contributed by atoms with Gasteiger partial charge in [0.05, 0.1) is 12.3 Å². The van der Waals surface area contributed by atoms with Gasteiger partial charge in [0.25, 0.3) is 0 Å². The third-order valence-corrected chi connectivity index (χ3v) is 3.74. The molecule has 0 saturated heterocycles. The van der Waals surface area contributed by atoms with Crippen molar-refractivity contribution in [3.05, 3.63) is 78.0 Å². The van der Waals surface area contributed by atoms with E-state index in [0.29, 0.717) is 11.8 Å². The number of rotatable bonds is 5. The van der Waals surface area contributed by atoms with Gasteiger partial charge in [0.1, 0.15) is 0 Å². The van der Waals surface area contributed by atoms with Gasteiger partial charge in [-0.3, -0.25) is 4.79 Å². The Hall–Kier alpha value is -2.17. The smallest absolute Gasteiger partial charge is 0.360 e. The highest BCUT2D eigenvalue weighted by molar-refractivity contribution is 6.69. The fourth-order valence-electron chi connectivity index (χ4n) is 1.97. The third kappa shape index (κ3) is 4.16. The minimum Gasteiger partial charge on any atom is -0.372 e. The van der Waals surface area contributed by atoms with Crippen molar-refractivity contribution in [2.75, 3.05) is 0 Å². The summed E-state index contributed by atoms with van der Waals surface area (Å²) in [4.78, 5) is 12.6. The van der Waals surface area contributed by atoms with Crippen LogP contribution < -0.4 is 0 Å². The highest BCUT2D eigenvalue weighted by atomic mass is 28.4. The molecule has 0 atom stereocenters. The molecule has 0 heterocycles. The van der Waals surface area contributed by atoms with Gasteiger partial charge in [-0.25, -0.2) is 4.58 Å². The molecule has 0 N–H and O–H groups in total. The van der Waals surface area contributed by atoms with E-state index in [1.807, 2.05) is 48.5 Å². The number of hydrogen-bond acceptors (Lipinski definition) is 2. The van der Waals surface area contributed by atoms with Crippen LogP contribution in [0.2, 0.25) is 19.6 Å². The van der Waals surface area contributed by atoms with Crippen LogP contribution in [0.1, 0.15) is 15.9 Å². The Morgan fingerprint density at radius 3 is 2.00 bits per heavy atom. The van der Waals surface area contributed by atoms with E-state index >= 15 is 0 Å². The van der Waals surface area contributed by atoms with Crippen molar-refractivity contribution < 1.29 is 13.8 Å². The normalized spacial score (nSPS) is 11.0. The standard InChI is InChI=1S/C18H21NO2Si/c1-19(17(20)15-11-7-5-8-12-15)18(21-22(2,3)4)16-13-9-6-10-14-16/h5-14H,1H2,2-4H3. The van der Waals surface area contributed by atoms with Gasteiger partial charge < -0.3 is 4.43 Å². The minimum absolute atomic E-state index is 0.183. The van der Waals surface area contributed by atoms with E-state index in [9.17, 15) is 4.79 Å². The number of benzene rings is 2. The van der Waals surface area contributed by atoms with Crippen LogP contribution in [0, 0.1) is 6.23 Å². The van der Waals surface area contributed by atoms with Crippen molar-refractivity contribution in [1.82, 2.24) is 0 Å². The van der Waals surface area contributed by atoms with Crippen molar-refractivity contribution in [2.24, 2.45) is 0 Å². The highest BCUT2D eigenvalue weighted by Gasteiger charge is 2.30. The first-order chi connectivity index (χ1) is 10.4. The van der Waals surface area contributed by atoms with Gasteiger partial charge in [0.2, 0.25) is 6.23 Å². The minimum atomic E-state index is -1.88. The van der Waals surface area contributed by atoms with Crippen molar-refractivity contribution in [2.45, 2.75) is 19.6 Å². The van der Waals surface area contributed by atoms with E-state index in [2.05, 4.69) is 26.4 Å². The second-order valence-corrected chi connectivity index (χ2v) is 10.4. The quantitative estimate of drug-likeness (QED) is 0.362. The molecular weight excluding hydrogens is 290 g/mol. The molecule has 0 bridgehead atoms. The van der Waals surface area contributed by atoms with Crippen LogP contribution in [-0.2, 0) is 4.43 Å². The molecule has 0 fully saturated rings. The number of carbonyl (C=O) groups excluding carboxylic acids is 1. The summed E-state index contributed by atoms with van der Waals surface area (Å²) in [5.74, 6) is -0.183. The lowest BCUT2D eigenvalue weighted by Crippen LogP contribution is -2.36. The molecule has 0 radical (unpaired) electrons. The predicted molar refractivity (Wildman–Crippen MR) is 91.4 cm³/mol. The Labute approximate surface area is 133 Å². The van der Waals surface area contributed by atoms with Crippen LogP contribution in [0.15, 0.2) is 60.7 Å². The monoisotopic (exact) mass is 311 g/mol. The molecule has 0 aliphatic rings. The zero-order valence-corrected chi connectivity index (χ0v) is 14.2. The molecule has 4 heteroatoms. The average Bonchev–Trinajstić information content (AvgIpc) is 2.52. The molecular formula is C18H21NO2Si. The van der Waals surface area contributed by atoms with Crippen LogP contribution in [-0.4, -0.2) is 25.5 Å². The second-order valence-electron chi connectivity index (χ2n) is 5.98. The summed E-state index contributed by atoms with van der Waals surface area (Å²) in [6, 6.07) is 18.7. The van der Waals surface area contributed by atoms with Crippen molar-refractivity contribution in [1.29, 1.82) is 0 Å². The average molecular weight is 311 g/mol. The summed E-state index contributed by atoms with van der Waals surface area (Å²) >= 11 is 0. The molecule has 3 nitrogen and oxygen atoms in total. The largest absolute Gasteiger partial charge is 0.372 e.